The van der Waals surface area contributed by atoms with Crippen LogP contribution in [-0.4, -0.2) is 93.2 Å². The van der Waals surface area contributed by atoms with Gasteiger partial charge in [0.2, 0.25) is 5.91 Å². The molecule has 0 radical (unpaired) electrons. The zero-order chi connectivity index (χ0) is 19.6. The maximum absolute atomic E-state index is 11.8. The summed E-state index contributed by atoms with van der Waals surface area (Å²) < 4.78 is 5.37. The van der Waals surface area contributed by atoms with Gasteiger partial charge in [0.05, 0.1) is 23.9 Å². The van der Waals surface area contributed by atoms with Crippen LogP contribution in [0.4, 0.5) is 0 Å². The van der Waals surface area contributed by atoms with Crippen molar-refractivity contribution in [1.82, 2.24) is 25.4 Å². The van der Waals surface area contributed by atoms with Crippen LogP contribution in [0, 0.1) is 13.8 Å². The van der Waals surface area contributed by atoms with Gasteiger partial charge in [0.25, 0.3) is 0 Å². The van der Waals surface area contributed by atoms with Gasteiger partial charge in [0.15, 0.2) is 5.96 Å². The molecule has 152 valence electrons. The highest BCUT2D eigenvalue weighted by Crippen LogP contribution is 2.16. The summed E-state index contributed by atoms with van der Waals surface area (Å²) in [7, 11) is 3.48. The molecule has 0 aliphatic carbocycles. The van der Waals surface area contributed by atoms with Crippen LogP contribution in [0.25, 0.3) is 0 Å². The molecular weight excluding hydrogens is 364 g/mol. The van der Waals surface area contributed by atoms with Gasteiger partial charge in [0.1, 0.15) is 6.54 Å². The standard InChI is InChI=1S/C18H32N6O2S/c1-14-15(2)27-16(22-14)5-6-19-18(21-13-17(25)23(3)4)20-7-8-24-9-11-26-12-10-24/h5-13H2,1-4H3,(H2,19,20,21). The molecule has 2 N–H and O–H groups in total. The van der Waals surface area contributed by atoms with Crippen molar-refractivity contribution in [1.29, 1.82) is 0 Å². The number of aliphatic imine (C=N–C) groups is 1. The van der Waals surface area contributed by atoms with Crippen LogP contribution in [-0.2, 0) is 16.0 Å². The Balaban J connectivity index is 1.81. The van der Waals surface area contributed by atoms with Gasteiger partial charge in [-0.05, 0) is 13.8 Å². The number of thiazole rings is 1. The number of nitrogens with one attached hydrogen (secondary N) is 2. The highest BCUT2D eigenvalue weighted by atomic mass is 32.1. The zero-order valence-electron chi connectivity index (χ0n) is 16.9. The minimum absolute atomic E-state index is 0.0181. The Bertz CT molecular complexity index is 606. The van der Waals surface area contributed by atoms with Crippen molar-refractivity contribution in [3.8, 4) is 0 Å². The summed E-state index contributed by atoms with van der Waals surface area (Å²) in [5.74, 6) is 0.652. The first-order chi connectivity index (χ1) is 13.0. The molecule has 1 aromatic heterocycles. The lowest BCUT2D eigenvalue weighted by atomic mass is 10.4. The molecule has 1 amide bonds. The van der Waals surface area contributed by atoms with Crippen molar-refractivity contribution in [2.24, 2.45) is 4.99 Å². The number of carbonyl (C=O) groups excluding carboxylic acids is 1. The van der Waals surface area contributed by atoms with Crippen molar-refractivity contribution in [2.45, 2.75) is 20.3 Å². The predicted octanol–water partition coefficient (Wildman–Crippen LogP) is 0.258. The number of hydrogen-bond donors (Lipinski definition) is 2. The third-order valence-electron chi connectivity index (χ3n) is 4.40. The molecule has 0 unspecified atom stereocenters. The van der Waals surface area contributed by atoms with E-state index in [2.05, 4.69) is 32.4 Å². The summed E-state index contributed by atoms with van der Waals surface area (Å²) in [5.41, 5.74) is 1.10. The zero-order valence-corrected chi connectivity index (χ0v) is 17.7. The van der Waals surface area contributed by atoms with Crippen molar-refractivity contribution < 1.29 is 9.53 Å². The Labute approximate surface area is 166 Å². The monoisotopic (exact) mass is 396 g/mol. The number of aryl methyl sites for hydroxylation is 2. The van der Waals surface area contributed by atoms with Crippen molar-refractivity contribution in [3.05, 3.63) is 15.6 Å². The predicted molar refractivity (Wildman–Crippen MR) is 110 cm³/mol. The summed E-state index contributed by atoms with van der Waals surface area (Å²) in [4.78, 5) is 26.0. The van der Waals surface area contributed by atoms with Crippen LogP contribution in [0.15, 0.2) is 4.99 Å². The van der Waals surface area contributed by atoms with Gasteiger partial charge >= 0.3 is 0 Å². The second-order valence-electron chi connectivity index (χ2n) is 6.76. The molecule has 1 saturated heterocycles. The third kappa shape index (κ3) is 7.82. The molecule has 1 fully saturated rings. The molecule has 2 heterocycles. The van der Waals surface area contributed by atoms with Crippen LogP contribution < -0.4 is 10.6 Å². The number of carbonyl (C=O) groups is 1. The number of nitrogens with zero attached hydrogens (tertiary/aromatic N) is 4. The lowest BCUT2D eigenvalue weighted by Crippen LogP contribution is -2.45. The fraction of sp³-hybridized carbons (Fsp3) is 0.722. The van der Waals surface area contributed by atoms with E-state index >= 15 is 0 Å². The number of ether oxygens (including phenoxy) is 1. The largest absolute Gasteiger partial charge is 0.379 e. The van der Waals surface area contributed by atoms with Gasteiger partial charge in [-0.1, -0.05) is 0 Å². The summed E-state index contributed by atoms with van der Waals surface area (Å²) in [6.45, 7) is 10.2. The van der Waals surface area contributed by atoms with Crippen molar-refractivity contribution in [3.63, 3.8) is 0 Å². The number of amides is 1. The Hall–Kier alpha value is -1.71. The first kappa shape index (κ1) is 21.6. The molecular formula is C18H32N6O2S. The number of rotatable bonds is 8. The minimum Gasteiger partial charge on any atom is -0.379 e. The molecule has 1 aliphatic rings. The van der Waals surface area contributed by atoms with Crippen LogP contribution in [0.3, 0.4) is 0 Å². The van der Waals surface area contributed by atoms with Gasteiger partial charge in [-0.15, -0.1) is 11.3 Å². The quantitative estimate of drug-likeness (QED) is 0.485. The first-order valence-corrected chi connectivity index (χ1v) is 10.2. The van der Waals surface area contributed by atoms with E-state index in [0.717, 1.165) is 63.1 Å². The minimum atomic E-state index is -0.0181. The second kappa shape index (κ2) is 11.2. The molecule has 0 saturated carbocycles. The van der Waals surface area contributed by atoms with Crippen LogP contribution in [0.2, 0.25) is 0 Å². The molecule has 9 heteroatoms. The molecule has 1 aromatic rings. The Morgan fingerprint density at radius 2 is 1.96 bits per heavy atom. The van der Waals surface area contributed by atoms with Crippen LogP contribution >= 0.6 is 11.3 Å². The van der Waals surface area contributed by atoms with Gasteiger partial charge in [-0.2, -0.15) is 0 Å². The summed E-state index contributed by atoms with van der Waals surface area (Å²) in [6.07, 6.45) is 0.838. The van der Waals surface area contributed by atoms with Crippen molar-refractivity contribution >= 4 is 23.2 Å². The fourth-order valence-electron chi connectivity index (χ4n) is 2.55. The number of hydrogen-bond acceptors (Lipinski definition) is 6. The lowest BCUT2D eigenvalue weighted by molar-refractivity contribution is -0.127. The van der Waals surface area contributed by atoms with E-state index in [1.165, 1.54) is 4.88 Å². The number of aromatic nitrogens is 1. The summed E-state index contributed by atoms with van der Waals surface area (Å²) in [5, 5.41) is 7.77. The summed E-state index contributed by atoms with van der Waals surface area (Å²) in [6, 6.07) is 0. The number of morpholine rings is 1. The van der Waals surface area contributed by atoms with E-state index in [1.807, 2.05) is 6.92 Å². The number of guanidine groups is 1. The third-order valence-corrected chi connectivity index (χ3v) is 5.53. The van der Waals surface area contributed by atoms with E-state index in [1.54, 1.807) is 30.3 Å². The Kier molecular flexibility index (Phi) is 8.96. The van der Waals surface area contributed by atoms with Gasteiger partial charge in [-0.3, -0.25) is 9.69 Å². The molecule has 2 rings (SSSR count). The van der Waals surface area contributed by atoms with E-state index in [9.17, 15) is 4.79 Å². The van der Waals surface area contributed by atoms with E-state index in [4.69, 9.17) is 4.74 Å². The van der Waals surface area contributed by atoms with Gasteiger partial charge in [0, 0.05) is 58.1 Å². The fourth-order valence-corrected chi connectivity index (χ4v) is 3.49. The SMILES string of the molecule is Cc1nc(CCNC(=NCC(=O)N(C)C)NCCN2CCOCC2)sc1C. The maximum atomic E-state index is 11.8. The van der Waals surface area contributed by atoms with E-state index < -0.39 is 0 Å². The molecule has 0 bridgehead atoms. The van der Waals surface area contributed by atoms with Crippen LogP contribution in [0.5, 0.6) is 0 Å². The highest BCUT2D eigenvalue weighted by molar-refractivity contribution is 7.11. The normalized spacial score (nSPS) is 15.6. The van der Waals surface area contributed by atoms with E-state index in [0.29, 0.717) is 5.96 Å². The average Bonchev–Trinajstić information content (AvgIpc) is 2.97. The van der Waals surface area contributed by atoms with Crippen molar-refractivity contribution in [2.75, 3.05) is 66.6 Å². The smallest absolute Gasteiger partial charge is 0.243 e. The molecule has 0 aromatic carbocycles. The van der Waals surface area contributed by atoms with E-state index in [-0.39, 0.29) is 12.5 Å². The topological polar surface area (TPSA) is 82.1 Å². The molecule has 1 aliphatic heterocycles. The second-order valence-corrected chi connectivity index (χ2v) is 8.05. The van der Waals surface area contributed by atoms with Gasteiger partial charge < -0.3 is 20.3 Å². The highest BCUT2D eigenvalue weighted by Gasteiger charge is 2.10. The molecule has 27 heavy (non-hydrogen) atoms. The van der Waals surface area contributed by atoms with Gasteiger partial charge in [-0.25, -0.2) is 9.98 Å². The average molecular weight is 397 g/mol. The number of likely N-dealkylation sites (N-methyl/N-ethyl adjacent to an activating group) is 1. The first-order valence-electron chi connectivity index (χ1n) is 9.41. The molecule has 0 spiro atoms. The molecule has 8 nitrogen and oxygen atoms in total. The van der Waals surface area contributed by atoms with Crippen LogP contribution in [0.1, 0.15) is 15.6 Å². The maximum Gasteiger partial charge on any atom is 0.243 e. The lowest BCUT2D eigenvalue weighted by Gasteiger charge is -2.26. The molecule has 0 atom stereocenters. The Morgan fingerprint density at radius 3 is 2.59 bits per heavy atom. The Morgan fingerprint density at radius 1 is 1.26 bits per heavy atom. The summed E-state index contributed by atoms with van der Waals surface area (Å²) >= 11 is 1.73.